The zero-order valence-electron chi connectivity index (χ0n) is 16.4. The molecule has 1 aliphatic carbocycles. The van der Waals surface area contributed by atoms with Crippen molar-refractivity contribution in [3.63, 3.8) is 0 Å². The molecule has 7 heteroatoms. The van der Waals surface area contributed by atoms with E-state index in [1.807, 2.05) is 23.2 Å². The van der Waals surface area contributed by atoms with Crippen LogP contribution in [0, 0.1) is 20.8 Å². The molecule has 0 saturated heterocycles. The Labute approximate surface area is 173 Å². The first-order chi connectivity index (χ1) is 13.5. The molecule has 146 valence electrons. The number of hydrogen-bond donors (Lipinski definition) is 1. The van der Waals surface area contributed by atoms with E-state index in [1.54, 1.807) is 11.3 Å². The Morgan fingerprint density at radius 3 is 2.79 bits per heavy atom. The van der Waals surface area contributed by atoms with Crippen molar-refractivity contribution in [1.82, 2.24) is 20.1 Å². The molecule has 3 aromatic rings. The number of carbonyl (C=O) groups is 1. The lowest BCUT2D eigenvalue weighted by Crippen LogP contribution is -2.32. The average molecular weight is 413 g/mol. The SMILES string of the molecule is Cc1cc(C)cc(-n2ncc3c2CCCC3NC(=O)CSc2nc(C)cs2)c1. The number of thiazole rings is 1. The summed E-state index contributed by atoms with van der Waals surface area (Å²) in [6.07, 6.45) is 4.92. The van der Waals surface area contributed by atoms with Crippen molar-refractivity contribution >= 4 is 29.0 Å². The van der Waals surface area contributed by atoms with E-state index in [0.717, 1.165) is 40.5 Å². The Kier molecular flexibility index (Phi) is 5.55. The third-order valence-corrected chi connectivity index (χ3v) is 7.03. The van der Waals surface area contributed by atoms with E-state index in [2.05, 4.69) is 47.4 Å². The van der Waals surface area contributed by atoms with Gasteiger partial charge in [-0.25, -0.2) is 9.67 Å². The largest absolute Gasteiger partial charge is 0.348 e. The second-order valence-corrected chi connectivity index (χ2v) is 9.44. The molecule has 1 atom stereocenters. The van der Waals surface area contributed by atoms with E-state index in [0.29, 0.717) is 5.75 Å². The van der Waals surface area contributed by atoms with Gasteiger partial charge in [-0.1, -0.05) is 17.8 Å². The molecule has 0 bridgehead atoms. The van der Waals surface area contributed by atoms with Crippen molar-refractivity contribution in [2.75, 3.05) is 5.75 Å². The summed E-state index contributed by atoms with van der Waals surface area (Å²) in [6, 6.07) is 6.53. The van der Waals surface area contributed by atoms with Crippen molar-refractivity contribution < 1.29 is 4.79 Å². The minimum atomic E-state index is 0.0366. The van der Waals surface area contributed by atoms with Gasteiger partial charge in [-0.15, -0.1) is 11.3 Å². The predicted octanol–water partition coefficient (Wildman–Crippen LogP) is 4.54. The topological polar surface area (TPSA) is 59.8 Å². The van der Waals surface area contributed by atoms with Gasteiger partial charge >= 0.3 is 0 Å². The summed E-state index contributed by atoms with van der Waals surface area (Å²) in [5.41, 5.74) is 6.92. The van der Waals surface area contributed by atoms with Crippen LogP contribution in [0.15, 0.2) is 34.1 Å². The molecular formula is C21H24N4OS2. The van der Waals surface area contributed by atoms with Crippen molar-refractivity contribution in [3.05, 3.63) is 57.9 Å². The lowest BCUT2D eigenvalue weighted by atomic mass is 9.93. The number of nitrogens with one attached hydrogen (secondary N) is 1. The van der Waals surface area contributed by atoms with Gasteiger partial charge in [0.1, 0.15) is 0 Å². The maximum atomic E-state index is 12.5. The average Bonchev–Trinajstić information content (AvgIpc) is 3.26. The third-order valence-electron chi connectivity index (χ3n) is 4.89. The van der Waals surface area contributed by atoms with Crippen molar-refractivity contribution in [1.29, 1.82) is 0 Å². The smallest absolute Gasteiger partial charge is 0.230 e. The first-order valence-corrected chi connectivity index (χ1v) is 11.4. The Balaban J connectivity index is 1.48. The van der Waals surface area contributed by atoms with E-state index >= 15 is 0 Å². The number of thioether (sulfide) groups is 1. The van der Waals surface area contributed by atoms with E-state index in [-0.39, 0.29) is 11.9 Å². The highest BCUT2D eigenvalue weighted by molar-refractivity contribution is 8.01. The zero-order valence-corrected chi connectivity index (χ0v) is 18.0. The first-order valence-electron chi connectivity index (χ1n) is 9.49. The predicted molar refractivity (Wildman–Crippen MR) is 114 cm³/mol. The van der Waals surface area contributed by atoms with E-state index in [1.165, 1.54) is 28.6 Å². The van der Waals surface area contributed by atoms with E-state index in [4.69, 9.17) is 0 Å². The van der Waals surface area contributed by atoms with Crippen LogP contribution in [-0.2, 0) is 11.2 Å². The van der Waals surface area contributed by atoms with Gasteiger partial charge in [-0.3, -0.25) is 4.79 Å². The Morgan fingerprint density at radius 1 is 1.29 bits per heavy atom. The zero-order chi connectivity index (χ0) is 19.7. The first kappa shape index (κ1) is 19.2. The molecule has 1 unspecified atom stereocenters. The van der Waals surface area contributed by atoms with Gasteiger partial charge in [-0.05, 0) is 63.3 Å². The fourth-order valence-electron chi connectivity index (χ4n) is 3.76. The Bertz CT molecular complexity index is 988. The number of hydrogen-bond acceptors (Lipinski definition) is 5. The number of benzene rings is 1. The quantitative estimate of drug-likeness (QED) is 0.625. The molecule has 28 heavy (non-hydrogen) atoms. The summed E-state index contributed by atoms with van der Waals surface area (Å²) in [6.45, 7) is 6.19. The molecule has 1 aliphatic rings. The normalized spacial score (nSPS) is 16.0. The van der Waals surface area contributed by atoms with Crippen LogP contribution in [0.4, 0.5) is 0 Å². The molecule has 0 radical (unpaired) electrons. The second-order valence-electron chi connectivity index (χ2n) is 7.36. The van der Waals surface area contributed by atoms with Crippen molar-refractivity contribution in [2.45, 2.75) is 50.4 Å². The molecule has 2 aromatic heterocycles. The lowest BCUT2D eigenvalue weighted by Gasteiger charge is -2.24. The van der Waals surface area contributed by atoms with Crippen LogP contribution in [-0.4, -0.2) is 26.4 Å². The maximum Gasteiger partial charge on any atom is 0.230 e. The highest BCUT2D eigenvalue weighted by Crippen LogP contribution is 2.32. The van der Waals surface area contributed by atoms with E-state index in [9.17, 15) is 4.79 Å². The van der Waals surface area contributed by atoms with Gasteiger partial charge in [0.05, 0.1) is 23.7 Å². The number of aryl methyl sites for hydroxylation is 3. The molecule has 5 nitrogen and oxygen atoms in total. The summed E-state index contributed by atoms with van der Waals surface area (Å²) in [4.78, 5) is 16.9. The fraction of sp³-hybridized carbons (Fsp3) is 0.381. The Morgan fingerprint density at radius 2 is 2.07 bits per heavy atom. The summed E-state index contributed by atoms with van der Waals surface area (Å²) in [5, 5.41) is 9.87. The van der Waals surface area contributed by atoms with Crippen molar-refractivity contribution in [3.8, 4) is 5.69 Å². The minimum Gasteiger partial charge on any atom is -0.348 e. The molecule has 0 saturated carbocycles. The maximum absolute atomic E-state index is 12.5. The number of fused-ring (bicyclic) bond motifs is 1. The van der Waals surface area contributed by atoms with Crippen LogP contribution in [0.25, 0.3) is 5.69 Å². The van der Waals surface area contributed by atoms with Crippen LogP contribution in [0.5, 0.6) is 0 Å². The summed E-state index contributed by atoms with van der Waals surface area (Å²) in [5.74, 6) is 0.444. The number of carbonyl (C=O) groups excluding carboxylic acids is 1. The van der Waals surface area contributed by atoms with Crippen molar-refractivity contribution in [2.24, 2.45) is 0 Å². The van der Waals surface area contributed by atoms with E-state index < -0.39 is 0 Å². The monoisotopic (exact) mass is 412 g/mol. The third kappa shape index (κ3) is 4.15. The van der Waals surface area contributed by atoms with Crippen LogP contribution >= 0.6 is 23.1 Å². The van der Waals surface area contributed by atoms with Crippen LogP contribution in [0.1, 0.15) is 47.0 Å². The van der Waals surface area contributed by atoms with Gasteiger partial charge in [0, 0.05) is 22.3 Å². The van der Waals surface area contributed by atoms with Gasteiger partial charge in [0.25, 0.3) is 0 Å². The summed E-state index contributed by atoms with van der Waals surface area (Å²) in [7, 11) is 0. The van der Waals surface area contributed by atoms with Crippen LogP contribution < -0.4 is 5.32 Å². The molecule has 0 spiro atoms. The Hall–Kier alpha value is -2.12. The van der Waals surface area contributed by atoms with Crippen LogP contribution in [0.3, 0.4) is 0 Å². The molecule has 1 amide bonds. The lowest BCUT2D eigenvalue weighted by molar-refractivity contribution is -0.119. The number of nitrogens with zero attached hydrogens (tertiary/aromatic N) is 3. The second kappa shape index (κ2) is 8.09. The van der Waals surface area contributed by atoms with Gasteiger partial charge in [-0.2, -0.15) is 5.10 Å². The molecule has 1 N–H and O–H groups in total. The molecule has 0 aliphatic heterocycles. The molecular weight excluding hydrogens is 388 g/mol. The molecule has 1 aromatic carbocycles. The fourth-order valence-corrected chi connectivity index (χ4v) is 5.42. The van der Waals surface area contributed by atoms with Crippen LogP contribution in [0.2, 0.25) is 0 Å². The minimum absolute atomic E-state index is 0.0366. The van der Waals surface area contributed by atoms with Gasteiger partial charge in [0.15, 0.2) is 4.34 Å². The number of rotatable bonds is 5. The number of aromatic nitrogens is 3. The van der Waals surface area contributed by atoms with Gasteiger partial charge in [0.2, 0.25) is 5.91 Å². The molecule has 0 fully saturated rings. The summed E-state index contributed by atoms with van der Waals surface area (Å²) < 4.78 is 2.99. The number of amides is 1. The highest BCUT2D eigenvalue weighted by Gasteiger charge is 2.26. The standard InChI is InChI=1S/C21H24N4OS2/c1-13-7-14(2)9-16(8-13)25-19-6-4-5-18(17(19)10-22-25)24-20(26)12-28-21-23-15(3)11-27-21/h7-11,18H,4-6,12H2,1-3H3,(H,24,26). The molecule has 4 rings (SSSR count). The van der Waals surface area contributed by atoms with Gasteiger partial charge < -0.3 is 5.32 Å². The molecule has 2 heterocycles. The summed E-state index contributed by atoms with van der Waals surface area (Å²) >= 11 is 3.09. The highest BCUT2D eigenvalue weighted by atomic mass is 32.2.